The highest BCUT2D eigenvalue weighted by atomic mass is 16.5. The largest absolute Gasteiger partial charge is 0.369 e. The molecule has 5 rings (SSSR count). The average molecular weight is 502 g/mol. The Kier molecular flexibility index (Phi) is 8.53. The van der Waals surface area contributed by atoms with E-state index in [1.165, 1.54) is 5.69 Å². The van der Waals surface area contributed by atoms with Gasteiger partial charge in [-0.15, -0.1) is 0 Å². The molecule has 2 aromatic carbocycles. The predicted molar refractivity (Wildman–Crippen MR) is 146 cm³/mol. The summed E-state index contributed by atoms with van der Waals surface area (Å²) < 4.78 is 5.74. The Hall–Kier alpha value is -3.16. The lowest BCUT2D eigenvalue weighted by atomic mass is 9.81. The molecular weight excluding hydrogens is 462 g/mol. The van der Waals surface area contributed by atoms with Crippen LogP contribution in [0.3, 0.4) is 0 Å². The summed E-state index contributed by atoms with van der Waals surface area (Å²) in [6, 6.07) is 22.9. The normalized spacial score (nSPS) is 20.6. The number of piperidine rings is 1. The highest BCUT2D eigenvalue weighted by Crippen LogP contribution is 2.27. The smallest absolute Gasteiger partial charge is 0.222 e. The summed E-state index contributed by atoms with van der Waals surface area (Å²) in [5.41, 5.74) is 3.46. The van der Waals surface area contributed by atoms with Gasteiger partial charge in [0.1, 0.15) is 0 Å². The van der Waals surface area contributed by atoms with Crippen molar-refractivity contribution in [2.75, 3.05) is 51.2 Å². The molecule has 0 radical (unpaired) electrons. The average Bonchev–Trinajstić information content (AvgIpc) is 3.38. The fraction of sp³-hybridized carbons (Fsp3) is 0.467. The lowest BCUT2D eigenvalue weighted by Crippen LogP contribution is -2.45. The van der Waals surface area contributed by atoms with Crippen LogP contribution in [0.2, 0.25) is 0 Å². The van der Waals surface area contributed by atoms with E-state index in [0.717, 1.165) is 75.7 Å². The predicted octanol–water partition coefficient (Wildman–Crippen LogP) is 3.81. The zero-order valence-electron chi connectivity index (χ0n) is 21.9. The van der Waals surface area contributed by atoms with Gasteiger partial charge in [0.25, 0.3) is 0 Å². The second kappa shape index (κ2) is 12.4. The molecule has 2 aliphatic rings. The first-order chi connectivity index (χ1) is 18.1. The zero-order chi connectivity index (χ0) is 25.5. The van der Waals surface area contributed by atoms with Crippen molar-refractivity contribution in [2.45, 2.75) is 32.4 Å². The van der Waals surface area contributed by atoms with Crippen LogP contribution in [-0.4, -0.2) is 67.2 Å². The molecule has 0 spiro atoms. The summed E-state index contributed by atoms with van der Waals surface area (Å²) in [7, 11) is 1.91. The van der Waals surface area contributed by atoms with Gasteiger partial charge < -0.3 is 19.6 Å². The third-order valence-electron chi connectivity index (χ3n) is 7.84. The standard InChI is InChI=1S/C30H39N5O2/c1-33(22-24-8-4-2-5-9-24)30(36)19-25-12-13-31-21-26(25)18-27-20-29(37-32-27)23-34-14-16-35(17-15-34)28-10-6-3-7-11-28/h2-11,20,25-26,31H,12-19,21-23H2,1H3/t25-,26+/m1/s1. The van der Waals surface area contributed by atoms with Crippen LogP contribution in [-0.2, 0) is 24.3 Å². The Morgan fingerprint density at radius 2 is 1.76 bits per heavy atom. The number of carbonyl (C=O) groups excluding carboxylic acids is 1. The van der Waals surface area contributed by atoms with Crippen LogP contribution in [0.15, 0.2) is 71.3 Å². The molecule has 3 heterocycles. The van der Waals surface area contributed by atoms with Crippen LogP contribution in [0.4, 0.5) is 5.69 Å². The van der Waals surface area contributed by atoms with Crippen molar-refractivity contribution in [1.29, 1.82) is 0 Å². The molecule has 0 bridgehead atoms. The fourth-order valence-corrected chi connectivity index (χ4v) is 5.63. The van der Waals surface area contributed by atoms with Gasteiger partial charge in [0.15, 0.2) is 5.76 Å². The fourth-order valence-electron chi connectivity index (χ4n) is 5.63. The molecule has 2 atom stereocenters. The molecule has 0 unspecified atom stereocenters. The van der Waals surface area contributed by atoms with Gasteiger partial charge >= 0.3 is 0 Å². The molecule has 2 aliphatic heterocycles. The first kappa shape index (κ1) is 25.5. The maximum absolute atomic E-state index is 13.0. The number of para-hydroxylation sites is 1. The van der Waals surface area contributed by atoms with Gasteiger partial charge in [-0.05, 0) is 55.5 Å². The Bertz CT molecular complexity index is 1110. The van der Waals surface area contributed by atoms with Crippen molar-refractivity contribution in [3.05, 3.63) is 83.7 Å². The van der Waals surface area contributed by atoms with Crippen molar-refractivity contribution in [2.24, 2.45) is 11.8 Å². The lowest BCUT2D eigenvalue weighted by molar-refractivity contribution is -0.132. The Labute approximate surface area is 220 Å². The number of benzene rings is 2. The number of anilines is 1. The van der Waals surface area contributed by atoms with E-state index in [-0.39, 0.29) is 5.91 Å². The zero-order valence-corrected chi connectivity index (χ0v) is 21.9. The number of piperazine rings is 1. The van der Waals surface area contributed by atoms with E-state index in [9.17, 15) is 4.79 Å². The molecule has 1 amide bonds. The SMILES string of the molecule is CN(Cc1ccccc1)C(=O)C[C@H]1CCNC[C@@H]1Cc1cc(CN2CCN(c3ccccc3)CC2)on1. The number of nitrogens with one attached hydrogen (secondary N) is 1. The molecule has 0 saturated carbocycles. The minimum atomic E-state index is 0.219. The third kappa shape index (κ3) is 6.99. The maximum atomic E-state index is 13.0. The van der Waals surface area contributed by atoms with Crippen molar-refractivity contribution in [3.63, 3.8) is 0 Å². The molecular formula is C30H39N5O2. The molecule has 2 saturated heterocycles. The first-order valence-corrected chi connectivity index (χ1v) is 13.6. The lowest BCUT2D eigenvalue weighted by Gasteiger charge is -2.35. The van der Waals surface area contributed by atoms with E-state index >= 15 is 0 Å². The van der Waals surface area contributed by atoms with E-state index in [0.29, 0.717) is 24.8 Å². The number of carbonyl (C=O) groups is 1. The van der Waals surface area contributed by atoms with Crippen molar-refractivity contribution >= 4 is 11.6 Å². The number of nitrogens with zero attached hydrogens (tertiary/aromatic N) is 4. The third-order valence-corrected chi connectivity index (χ3v) is 7.84. The number of amides is 1. The van der Waals surface area contributed by atoms with Gasteiger partial charge in [0.05, 0.1) is 12.2 Å². The number of rotatable bonds is 9. The summed E-state index contributed by atoms with van der Waals surface area (Å²) >= 11 is 0. The molecule has 1 aromatic heterocycles. The minimum absolute atomic E-state index is 0.219. The monoisotopic (exact) mass is 501 g/mol. The molecule has 3 aromatic rings. The van der Waals surface area contributed by atoms with Crippen molar-refractivity contribution in [1.82, 2.24) is 20.3 Å². The number of hydrogen-bond donors (Lipinski definition) is 1. The molecule has 7 heteroatoms. The second-order valence-electron chi connectivity index (χ2n) is 10.5. The van der Waals surface area contributed by atoms with Gasteiger partial charge in [-0.1, -0.05) is 53.7 Å². The van der Waals surface area contributed by atoms with Gasteiger partial charge in [-0.25, -0.2) is 0 Å². The molecule has 0 aliphatic carbocycles. The van der Waals surface area contributed by atoms with Gasteiger partial charge in [-0.2, -0.15) is 0 Å². The Morgan fingerprint density at radius 3 is 2.51 bits per heavy atom. The summed E-state index contributed by atoms with van der Waals surface area (Å²) in [6.07, 6.45) is 2.46. The van der Waals surface area contributed by atoms with Crippen LogP contribution >= 0.6 is 0 Å². The van der Waals surface area contributed by atoms with E-state index in [1.54, 1.807) is 0 Å². The molecule has 2 fully saturated rings. The highest BCUT2D eigenvalue weighted by molar-refractivity contribution is 5.76. The van der Waals surface area contributed by atoms with Crippen LogP contribution in [0.25, 0.3) is 0 Å². The summed E-state index contributed by atoms with van der Waals surface area (Å²) in [6.45, 7) is 7.41. The Balaban J connectivity index is 1.11. The first-order valence-electron chi connectivity index (χ1n) is 13.6. The van der Waals surface area contributed by atoms with Crippen LogP contribution in [0, 0.1) is 11.8 Å². The Morgan fingerprint density at radius 1 is 1.03 bits per heavy atom. The van der Waals surface area contributed by atoms with Gasteiger partial charge in [0.2, 0.25) is 5.91 Å². The van der Waals surface area contributed by atoms with Crippen molar-refractivity contribution in [3.8, 4) is 0 Å². The van der Waals surface area contributed by atoms with E-state index in [4.69, 9.17) is 4.52 Å². The van der Waals surface area contributed by atoms with Crippen LogP contribution < -0.4 is 10.2 Å². The topological polar surface area (TPSA) is 64.9 Å². The molecule has 196 valence electrons. The quantitative estimate of drug-likeness (QED) is 0.481. The summed E-state index contributed by atoms with van der Waals surface area (Å²) in [4.78, 5) is 19.8. The van der Waals surface area contributed by atoms with Crippen LogP contribution in [0.1, 0.15) is 29.9 Å². The number of aromatic nitrogens is 1. The van der Waals surface area contributed by atoms with Gasteiger partial charge in [-0.3, -0.25) is 9.69 Å². The maximum Gasteiger partial charge on any atom is 0.222 e. The van der Waals surface area contributed by atoms with E-state index in [1.807, 2.05) is 30.1 Å². The number of hydrogen-bond acceptors (Lipinski definition) is 6. The van der Waals surface area contributed by atoms with Crippen molar-refractivity contribution < 1.29 is 9.32 Å². The molecule has 7 nitrogen and oxygen atoms in total. The summed E-state index contributed by atoms with van der Waals surface area (Å²) in [5.74, 6) is 1.90. The highest BCUT2D eigenvalue weighted by Gasteiger charge is 2.29. The second-order valence-corrected chi connectivity index (χ2v) is 10.5. The minimum Gasteiger partial charge on any atom is -0.369 e. The summed E-state index contributed by atoms with van der Waals surface area (Å²) in [5, 5.41) is 7.93. The molecule has 1 N–H and O–H groups in total. The van der Waals surface area contributed by atoms with Gasteiger partial charge in [0, 0.05) is 57.9 Å². The molecule has 37 heavy (non-hydrogen) atoms. The van der Waals surface area contributed by atoms with E-state index < -0.39 is 0 Å². The van der Waals surface area contributed by atoms with Crippen LogP contribution in [0.5, 0.6) is 0 Å². The van der Waals surface area contributed by atoms with E-state index in [2.05, 4.69) is 68.8 Å².